The maximum Gasteiger partial charge on any atom is 0.225 e. The molecule has 0 aliphatic heterocycles. The number of aromatic nitrogens is 2. The molecular formula is C24H31F2N5OS. The van der Waals surface area contributed by atoms with Gasteiger partial charge in [0.15, 0.2) is 0 Å². The summed E-state index contributed by atoms with van der Waals surface area (Å²) >= 11 is 0. The van der Waals surface area contributed by atoms with E-state index in [-0.39, 0.29) is 4.90 Å². The number of nitrogens with zero attached hydrogens (tertiary/aromatic N) is 3. The molecule has 9 heteroatoms. The quantitative estimate of drug-likeness (QED) is 0.531. The fraction of sp³-hybridized carbons (Fsp3) is 0.417. The van der Waals surface area contributed by atoms with Gasteiger partial charge in [-0.2, -0.15) is 4.98 Å². The normalized spacial score (nSPS) is 14.9. The van der Waals surface area contributed by atoms with Gasteiger partial charge in [0, 0.05) is 32.1 Å². The van der Waals surface area contributed by atoms with Crippen molar-refractivity contribution >= 4 is 33.7 Å². The second-order valence-corrected chi connectivity index (χ2v) is 9.60. The van der Waals surface area contributed by atoms with E-state index < -0.39 is 22.6 Å². The van der Waals surface area contributed by atoms with Gasteiger partial charge < -0.3 is 10.2 Å². The second-order valence-electron chi connectivity index (χ2n) is 8.21. The molecule has 0 spiro atoms. The van der Waals surface area contributed by atoms with Gasteiger partial charge in [0.05, 0.1) is 10.4 Å². The number of fused-ring (bicyclic) bond motifs is 1. The maximum absolute atomic E-state index is 12.8. The van der Waals surface area contributed by atoms with E-state index in [0.717, 1.165) is 47.3 Å². The summed E-state index contributed by atoms with van der Waals surface area (Å²) in [6.07, 6.45) is 6.80. The monoisotopic (exact) mass is 475 g/mol. The summed E-state index contributed by atoms with van der Waals surface area (Å²) in [6, 6.07) is 11.1. The highest BCUT2D eigenvalue weighted by Crippen LogP contribution is 2.26. The third-order valence-corrected chi connectivity index (χ3v) is 6.66. The van der Waals surface area contributed by atoms with Crippen LogP contribution in [-0.2, 0) is 11.0 Å². The first-order valence-corrected chi connectivity index (χ1v) is 12.3. The highest BCUT2D eigenvalue weighted by Gasteiger charge is 2.15. The maximum atomic E-state index is 12.8. The fourth-order valence-electron chi connectivity index (χ4n) is 3.84. The second kappa shape index (κ2) is 12.0. The summed E-state index contributed by atoms with van der Waals surface area (Å²) in [5.74, 6) is 1.03. The Bertz CT molecular complexity index is 1090. The zero-order valence-corrected chi connectivity index (χ0v) is 20.1. The molecule has 3 aromatic rings. The molecule has 0 saturated heterocycles. The molecule has 1 saturated carbocycles. The van der Waals surface area contributed by atoms with Crippen molar-refractivity contribution in [2.24, 2.45) is 5.92 Å². The summed E-state index contributed by atoms with van der Waals surface area (Å²) in [5.41, 5.74) is 1.00. The predicted octanol–water partition coefficient (Wildman–Crippen LogP) is 4.89. The molecule has 1 aromatic heterocycles. The summed E-state index contributed by atoms with van der Waals surface area (Å²) < 4.78 is 38.5. The van der Waals surface area contributed by atoms with E-state index >= 15 is 0 Å². The molecule has 0 bridgehead atoms. The lowest BCUT2D eigenvalue weighted by molar-refractivity contribution is 0.373. The van der Waals surface area contributed by atoms with E-state index in [9.17, 15) is 13.0 Å². The number of anilines is 2. The first-order valence-electron chi connectivity index (χ1n) is 11.1. The lowest BCUT2D eigenvalue weighted by Gasteiger charge is -2.22. The molecule has 178 valence electrons. The number of hydrogen-bond donors (Lipinski definition) is 2. The molecule has 33 heavy (non-hydrogen) atoms. The standard InChI is InChI=1S/C17H24N4.C7H7F2NOS/c1-21(2)16-14-10-6-7-11-15(14)19-17(20-16)18-12-13-8-4-3-5-9-13;1-10-12(11)7-3-2-5(8)4-6(7)9/h6-7,10-11,13H,3-5,8-9,12H2,1-2H3,(H,18,19,20);2-4,10H,1H3. The summed E-state index contributed by atoms with van der Waals surface area (Å²) in [6.45, 7) is 0.991. The van der Waals surface area contributed by atoms with Crippen molar-refractivity contribution in [3.05, 3.63) is 54.1 Å². The van der Waals surface area contributed by atoms with E-state index in [0.29, 0.717) is 6.07 Å². The van der Waals surface area contributed by atoms with Gasteiger partial charge in [-0.1, -0.05) is 31.4 Å². The number of rotatable bonds is 6. The van der Waals surface area contributed by atoms with E-state index in [2.05, 4.69) is 37.0 Å². The third-order valence-electron chi connectivity index (χ3n) is 5.56. The first-order chi connectivity index (χ1) is 15.9. The lowest BCUT2D eigenvalue weighted by Crippen LogP contribution is -2.19. The Balaban J connectivity index is 0.000000218. The molecule has 0 radical (unpaired) electrons. The van der Waals surface area contributed by atoms with Crippen LogP contribution in [0.5, 0.6) is 0 Å². The molecule has 1 fully saturated rings. The summed E-state index contributed by atoms with van der Waals surface area (Å²) in [7, 11) is 3.88. The minimum Gasteiger partial charge on any atom is -0.362 e. The molecule has 1 aliphatic carbocycles. The van der Waals surface area contributed by atoms with Crippen molar-refractivity contribution in [1.82, 2.24) is 14.7 Å². The number of halogens is 2. The minimum absolute atomic E-state index is 0.0427. The molecule has 2 N–H and O–H groups in total. The molecule has 4 rings (SSSR count). The predicted molar refractivity (Wildman–Crippen MR) is 131 cm³/mol. The average molecular weight is 476 g/mol. The smallest absolute Gasteiger partial charge is 0.225 e. The van der Waals surface area contributed by atoms with Gasteiger partial charge in [-0.25, -0.2) is 22.7 Å². The SMILES string of the molecule is CN(C)c1nc(NCC2CCCCC2)nc2ccccc12.CNS(=O)c1ccc(F)cc1F. The molecule has 1 unspecified atom stereocenters. The fourth-order valence-corrected chi connectivity index (χ4v) is 4.49. The first kappa shape index (κ1) is 25.0. The zero-order valence-electron chi connectivity index (χ0n) is 19.3. The van der Waals surface area contributed by atoms with Crippen LogP contribution in [0.15, 0.2) is 47.4 Å². The van der Waals surface area contributed by atoms with Crippen molar-refractivity contribution in [2.75, 3.05) is 37.9 Å². The van der Waals surface area contributed by atoms with Gasteiger partial charge in [0.1, 0.15) is 28.4 Å². The Morgan fingerprint density at radius 1 is 1.06 bits per heavy atom. The van der Waals surface area contributed by atoms with Gasteiger partial charge in [0.2, 0.25) is 5.95 Å². The van der Waals surface area contributed by atoms with E-state index in [4.69, 9.17) is 0 Å². The van der Waals surface area contributed by atoms with Crippen LogP contribution in [0.3, 0.4) is 0 Å². The van der Waals surface area contributed by atoms with Crippen LogP contribution in [0.4, 0.5) is 20.5 Å². The largest absolute Gasteiger partial charge is 0.362 e. The van der Waals surface area contributed by atoms with E-state index in [1.165, 1.54) is 39.2 Å². The van der Waals surface area contributed by atoms with Crippen LogP contribution in [0.2, 0.25) is 0 Å². The number of para-hydroxylation sites is 1. The molecule has 1 atom stereocenters. The van der Waals surface area contributed by atoms with Crippen LogP contribution in [-0.4, -0.2) is 41.9 Å². The van der Waals surface area contributed by atoms with Crippen molar-refractivity contribution in [1.29, 1.82) is 0 Å². The number of hydrogen-bond acceptors (Lipinski definition) is 5. The van der Waals surface area contributed by atoms with Crippen molar-refractivity contribution in [3.63, 3.8) is 0 Å². The molecular weight excluding hydrogens is 444 g/mol. The van der Waals surface area contributed by atoms with E-state index in [1.807, 2.05) is 26.2 Å². The number of nitrogens with one attached hydrogen (secondary N) is 2. The van der Waals surface area contributed by atoms with Gasteiger partial charge >= 0.3 is 0 Å². The van der Waals surface area contributed by atoms with Gasteiger partial charge in [0.25, 0.3) is 0 Å². The van der Waals surface area contributed by atoms with Gasteiger partial charge in [-0.05, 0) is 50.1 Å². The molecule has 0 amide bonds. The number of benzene rings is 2. The Morgan fingerprint density at radius 3 is 2.45 bits per heavy atom. The van der Waals surface area contributed by atoms with Crippen LogP contribution in [0.1, 0.15) is 32.1 Å². The van der Waals surface area contributed by atoms with Crippen molar-refractivity contribution < 1.29 is 13.0 Å². The molecule has 1 heterocycles. The Kier molecular flexibility index (Phi) is 9.08. The van der Waals surface area contributed by atoms with Crippen LogP contribution in [0, 0.1) is 17.6 Å². The molecule has 2 aromatic carbocycles. The van der Waals surface area contributed by atoms with Gasteiger partial charge in [-0.3, -0.25) is 0 Å². The van der Waals surface area contributed by atoms with Crippen LogP contribution >= 0.6 is 0 Å². The minimum atomic E-state index is -1.60. The Morgan fingerprint density at radius 2 is 1.79 bits per heavy atom. The van der Waals surface area contributed by atoms with Crippen molar-refractivity contribution in [3.8, 4) is 0 Å². The third kappa shape index (κ3) is 6.91. The van der Waals surface area contributed by atoms with E-state index in [1.54, 1.807) is 0 Å². The highest BCUT2D eigenvalue weighted by atomic mass is 32.2. The van der Waals surface area contributed by atoms with Crippen LogP contribution in [0.25, 0.3) is 10.9 Å². The summed E-state index contributed by atoms with van der Waals surface area (Å²) in [5, 5.41) is 4.56. The zero-order chi connectivity index (χ0) is 23.8. The molecule has 1 aliphatic rings. The van der Waals surface area contributed by atoms with Gasteiger partial charge in [-0.15, -0.1) is 0 Å². The topological polar surface area (TPSA) is 70.2 Å². The molecule has 6 nitrogen and oxygen atoms in total. The average Bonchev–Trinajstić information content (AvgIpc) is 2.82. The van der Waals surface area contributed by atoms with Crippen LogP contribution < -0.4 is 14.9 Å². The van der Waals surface area contributed by atoms with Crippen molar-refractivity contribution in [2.45, 2.75) is 37.0 Å². The Hall–Kier alpha value is -2.65. The Labute approximate surface area is 196 Å². The summed E-state index contributed by atoms with van der Waals surface area (Å²) in [4.78, 5) is 11.4. The lowest BCUT2D eigenvalue weighted by atomic mass is 9.89. The highest BCUT2D eigenvalue weighted by molar-refractivity contribution is 7.83.